The molecular formula is C15H28O2. The molecule has 2 nitrogen and oxygen atoms in total. The lowest BCUT2D eigenvalue weighted by atomic mass is 10.1. The predicted octanol–water partition coefficient (Wildman–Crippen LogP) is 4.45. The van der Waals surface area contributed by atoms with Crippen molar-refractivity contribution in [3.05, 3.63) is 12.2 Å². The van der Waals surface area contributed by atoms with Crippen LogP contribution < -0.4 is 0 Å². The Labute approximate surface area is 106 Å². The summed E-state index contributed by atoms with van der Waals surface area (Å²) in [4.78, 5) is 0. The van der Waals surface area contributed by atoms with Crippen LogP contribution in [0.3, 0.4) is 0 Å². The van der Waals surface area contributed by atoms with Crippen molar-refractivity contribution in [1.29, 1.82) is 0 Å². The van der Waals surface area contributed by atoms with E-state index in [0.717, 1.165) is 26.1 Å². The molecule has 0 saturated carbocycles. The van der Waals surface area contributed by atoms with Crippen LogP contribution in [-0.4, -0.2) is 19.5 Å². The summed E-state index contributed by atoms with van der Waals surface area (Å²) in [5.41, 5.74) is 0. The Bertz CT molecular complexity index is 183. The van der Waals surface area contributed by atoms with Gasteiger partial charge in [-0.3, -0.25) is 0 Å². The van der Waals surface area contributed by atoms with Gasteiger partial charge in [0.05, 0.1) is 13.2 Å². The van der Waals surface area contributed by atoms with Crippen LogP contribution >= 0.6 is 0 Å². The van der Waals surface area contributed by atoms with Gasteiger partial charge in [-0.2, -0.15) is 0 Å². The molecule has 2 heteroatoms. The molecule has 100 valence electrons. The molecular weight excluding hydrogens is 212 g/mol. The minimum Gasteiger partial charge on any atom is -0.349 e. The van der Waals surface area contributed by atoms with Crippen LogP contribution in [0.15, 0.2) is 12.2 Å². The van der Waals surface area contributed by atoms with Gasteiger partial charge in [0.2, 0.25) is 0 Å². The number of hydrogen-bond donors (Lipinski definition) is 0. The monoisotopic (exact) mass is 240 g/mol. The van der Waals surface area contributed by atoms with E-state index in [9.17, 15) is 0 Å². The van der Waals surface area contributed by atoms with Crippen molar-refractivity contribution in [2.75, 3.05) is 13.2 Å². The van der Waals surface area contributed by atoms with Crippen molar-refractivity contribution in [2.24, 2.45) is 0 Å². The van der Waals surface area contributed by atoms with Crippen LogP contribution in [-0.2, 0) is 9.47 Å². The van der Waals surface area contributed by atoms with Crippen LogP contribution in [0.4, 0.5) is 0 Å². The Kier molecular flexibility index (Phi) is 9.34. The number of ether oxygens (including phenoxy) is 2. The van der Waals surface area contributed by atoms with Crippen molar-refractivity contribution in [2.45, 2.75) is 71.0 Å². The zero-order chi connectivity index (χ0) is 12.2. The standard InChI is InChI=1S/C15H28O2/c1-2-3-4-5-6-7-8-9-10-12-15-16-13-11-14-17-15/h10,12,15H,2-9,11,13-14H2,1H3/b12-10+. The van der Waals surface area contributed by atoms with Crippen LogP contribution in [0.25, 0.3) is 0 Å². The molecule has 0 aromatic heterocycles. The fourth-order valence-corrected chi connectivity index (χ4v) is 2.04. The molecule has 0 radical (unpaired) electrons. The highest BCUT2D eigenvalue weighted by atomic mass is 16.7. The summed E-state index contributed by atoms with van der Waals surface area (Å²) in [6, 6.07) is 0. The maximum atomic E-state index is 5.44. The first-order valence-electron chi connectivity index (χ1n) is 7.33. The molecule has 0 atom stereocenters. The summed E-state index contributed by atoms with van der Waals surface area (Å²) in [5.74, 6) is 0. The largest absolute Gasteiger partial charge is 0.349 e. The molecule has 1 heterocycles. The molecule has 0 bridgehead atoms. The highest BCUT2D eigenvalue weighted by Crippen LogP contribution is 2.10. The first kappa shape index (κ1) is 14.7. The van der Waals surface area contributed by atoms with Gasteiger partial charge in [0, 0.05) is 0 Å². The summed E-state index contributed by atoms with van der Waals surface area (Å²) < 4.78 is 10.9. The molecule has 17 heavy (non-hydrogen) atoms. The third-order valence-corrected chi connectivity index (χ3v) is 3.12. The van der Waals surface area contributed by atoms with Crippen molar-refractivity contribution in [3.63, 3.8) is 0 Å². The molecule has 0 amide bonds. The van der Waals surface area contributed by atoms with E-state index >= 15 is 0 Å². The minimum absolute atomic E-state index is 0.0756. The van der Waals surface area contributed by atoms with Crippen molar-refractivity contribution < 1.29 is 9.47 Å². The van der Waals surface area contributed by atoms with E-state index in [4.69, 9.17) is 9.47 Å². The third-order valence-electron chi connectivity index (χ3n) is 3.12. The molecule has 0 N–H and O–H groups in total. The summed E-state index contributed by atoms with van der Waals surface area (Å²) in [7, 11) is 0. The molecule has 0 aromatic rings. The van der Waals surface area contributed by atoms with Crippen LogP contribution in [0, 0.1) is 0 Å². The fourth-order valence-electron chi connectivity index (χ4n) is 2.04. The van der Waals surface area contributed by atoms with Gasteiger partial charge in [-0.05, 0) is 25.3 Å². The van der Waals surface area contributed by atoms with E-state index in [0.29, 0.717) is 0 Å². The Morgan fingerprint density at radius 1 is 0.941 bits per heavy atom. The van der Waals surface area contributed by atoms with Crippen molar-refractivity contribution in [3.8, 4) is 0 Å². The Morgan fingerprint density at radius 2 is 1.59 bits per heavy atom. The third kappa shape index (κ3) is 8.39. The lowest BCUT2D eigenvalue weighted by Gasteiger charge is -2.19. The zero-order valence-corrected chi connectivity index (χ0v) is 11.3. The Morgan fingerprint density at radius 3 is 2.29 bits per heavy atom. The SMILES string of the molecule is CCCCCCCCC/C=C/C1OCCCO1. The van der Waals surface area contributed by atoms with E-state index < -0.39 is 0 Å². The zero-order valence-electron chi connectivity index (χ0n) is 11.3. The quantitative estimate of drug-likeness (QED) is 0.438. The minimum atomic E-state index is -0.0756. The van der Waals surface area contributed by atoms with Gasteiger partial charge < -0.3 is 9.47 Å². The van der Waals surface area contributed by atoms with E-state index in [1.54, 1.807) is 0 Å². The lowest BCUT2D eigenvalue weighted by molar-refractivity contribution is -0.149. The summed E-state index contributed by atoms with van der Waals surface area (Å²) in [5, 5.41) is 0. The van der Waals surface area contributed by atoms with Gasteiger partial charge >= 0.3 is 0 Å². The van der Waals surface area contributed by atoms with Crippen molar-refractivity contribution >= 4 is 0 Å². The molecule has 1 saturated heterocycles. The van der Waals surface area contributed by atoms with Gasteiger partial charge in [-0.25, -0.2) is 0 Å². The summed E-state index contributed by atoms with van der Waals surface area (Å²) in [6.45, 7) is 3.94. The normalized spacial score (nSPS) is 17.9. The molecule has 0 spiro atoms. The average Bonchev–Trinajstić information content (AvgIpc) is 2.38. The van der Waals surface area contributed by atoms with Crippen LogP contribution in [0.1, 0.15) is 64.7 Å². The van der Waals surface area contributed by atoms with E-state index in [1.165, 1.54) is 44.9 Å². The molecule has 1 aliphatic rings. The van der Waals surface area contributed by atoms with Gasteiger partial charge in [-0.15, -0.1) is 0 Å². The highest BCUT2D eigenvalue weighted by molar-refractivity contribution is 4.85. The maximum Gasteiger partial charge on any atom is 0.176 e. The molecule has 1 aliphatic heterocycles. The first-order chi connectivity index (χ1) is 8.43. The molecule has 0 aliphatic carbocycles. The molecule has 1 rings (SSSR count). The fraction of sp³-hybridized carbons (Fsp3) is 0.867. The number of rotatable bonds is 9. The second-order valence-electron chi connectivity index (χ2n) is 4.80. The summed E-state index contributed by atoms with van der Waals surface area (Å²) >= 11 is 0. The van der Waals surface area contributed by atoms with E-state index in [1.807, 2.05) is 0 Å². The Balaban J connectivity index is 1.84. The Hall–Kier alpha value is -0.340. The maximum absolute atomic E-state index is 5.44. The van der Waals surface area contributed by atoms with Gasteiger partial charge in [0.15, 0.2) is 6.29 Å². The second kappa shape index (κ2) is 10.8. The number of allylic oxidation sites excluding steroid dienone is 1. The number of unbranched alkanes of at least 4 members (excludes halogenated alkanes) is 7. The van der Waals surface area contributed by atoms with Crippen LogP contribution in [0.5, 0.6) is 0 Å². The molecule has 0 aromatic carbocycles. The van der Waals surface area contributed by atoms with E-state index in [2.05, 4.69) is 19.1 Å². The van der Waals surface area contributed by atoms with Gasteiger partial charge in [-0.1, -0.05) is 51.5 Å². The first-order valence-corrected chi connectivity index (χ1v) is 7.33. The van der Waals surface area contributed by atoms with Crippen LogP contribution in [0.2, 0.25) is 0 Å². The molecule has 1 fully saturated rings. The number of hydrogen-bond acceptors (Lipinski definition) is 2. The van der Waals surface area contributed by atoms with Gasteiger partial charge in [0.25, 0.3) is 0 Å². The van der Waals surface area contributed by atoms with E-state index in [-0.39, 0.29) is 6.29 Å². The lowest BCUT2D eigenvalue weighted by Crippen LogP contribution is -2.22. The highest BCUT2D eigenvalue weighted by Gasteiger charge is 2.09. The smallest absolute Gasteiger partial charge is 0.176 e. The summed E-state index contributed by atoms with van der Waals surface area (Å²) in [6.07, 6.45) is 16.0. The average molecular weight is 240 g/mol. The predicted molar refractivity (Wildman–Crippen MR) is 72.1 cm³/mol. The molecule has 0 unspecified atom stereocenters. The topological polar surface area (TPSA) is 18.5 Å². The second-order valence-corrected chi connectivity index (χ2v) is 4.80. The van der Waals surface area contributed by atoms with Gasteiger partial charge in [0.1, 0.15) is 0 Å². The van der Waals surface area contributed by atoms with Crippen molar-refractivity contribution in [1.82, 2.24) is 0 Å².